The van der Waals surface area contributed by atoms with Gasteiger partial charge in [-0.15, -0.1) is 0 Å². The SMILES string of the molecule is CCCNCc1c(Cl)cccc1OCCc1cccnc1. The van der Waals surface area contributed by atoms with Gasteiger partial charge in [0.1, 0.15) is 5.75 Å². The van der Waals surface area contributed by atoms with E-state index in [0.29, 0.717) is 6.61 Å². The van der Waals surface area contributed by atoms with E-state index in [4.69, 9.17) is 16.3 Å². The van der Waals surface area contributed by atoms with Crippen LogP contribution in [-0.2, 0) is 13.0 Å². The number of pyridine rings is 1. The van der Waals surface area contributed by atoms with E-state index in [0.717, 1.165) is 42.3 Å². The maximum atomic E-state index is 6.27. The second-order valence-corrected chi connectivity index (χ2v) is 5.26. The fourth-order valence-corrected chi connectivity index (χ4v) is 2.29. The van der Waals surface area contributed by atoms with Gasteiger partial charge in [0.2, 0.25) is 0 Å². The zero-order valence-corrected chi connectivity index (χ0v) is 13.1. The molecule has 0 spiro atoms. The molecule has 0 unspecified atom stereocenters. The van der Waals surface area contributed by atoms with Gasteiger partial charge in [-0.3, -0.25) is 4.98 Å². The van der Waals surface area contributed by atoms with Crippen LogP contribution < -0.4 is 10.1 Å². The zero-order chi connectivity index (χ0) is 14.9. The molecule has 0 bridgehead atoms. The highest BCUT2D eigenvalue weighted by Gasteiger charge is 2.08. The molecule has 1 N–H and O–H groups in total. The first-order chi connectivity index (χ1) is 10.3. The summed E-state index contributed by atoms with van der Waals surface area (Å²) in [6, 6.07) is 9.79. The molecule has 0 radical (unpaired) electrons. The summed E-state index contributed by atoms with van der Waals surface area (Å²) < 4.78 is 5.90. The van der Waals surface area contributed by atoms with E-state index < -0.39 is 0 Å². The van der Waals surface area contributed by atoms with Gasteiger partial charge in [-0.05, 0) is 36.7 Å². The lowest BCUT2D eigenvalue weighted by Crippen LogP contribution is -2.15. The molecule has 1 heterocycles. The van der Waals surface area contributed by atoms with Crippen molar-refractivity contribution in [3.8, 4) is 5.75 Å². The molecule has 2 rings (SSSR count). The Kier molecular flexibility index (Phi) is 6.51. The minimum absolute atomic E-state index is 0.618. The van der Waals surface area contributed by atoms with E-state index in [1.54, 1.807) is 6.20 Å². The highest BCUT2D eigenvalue weighted by atomic mass is 35.5. The lowest BCUT2D eigenvalue weighted by molar-refractivity contribution is 0.317. The van der Waals surface area contributed by atoms with Gasteiger partial charge in [0.25, 0.3) is 0 Å². The van der Waals surface area contributed by atoms with Crippen LogP contribution in [-0.4, -0.2) is 18.1 Å². The van der Waals surface area contributed by atoms with Crippen LogP contribution in [0.3, 0.4) is 0 Å². The summed E-state index contributed by atoms with van der Waals surface area (Å²) in [6.45, 7) is 4.47. The topological polar surface area (TPSA) is 34.1 Å². The lowest BCUT2D eigenvalue weighted by Gasteiger charge is -2.13. The summed E-state index contributed by atoms with van der Waals surface area (Å²) in [5.41, 5.74) is 2.20. The number of hydrogen-bond donors (Lipinski definition) is 1. The predicted octanol–water partition coefficient (Wildman–Crippen LogP) is 3.86. The van der Waals surface area contributed by atoms with Crippen molar-refractivity contribution in [2.24, 2.45) is 0 Å². The summed E-state index contributed by atoms with van der Waals surface area (Å²) in [4.78, 5) is 4.11. The molecule has 3 nitrogen and oxygen atoms in total. The van der Waals surface area contributed by atoms with Crippen LogP contribution in [0.5, 0.6) is 5.75 Å². The van der Waals surface area contributed by atoms with Gasteiger partial charge in [-0.2, -0.15) is 0 Å². The van der Waals surface area contributed by atoms with Crippen LogP contribution in [0.2, 0.25) is 5.02 Å². The average Bonchev–Trinajstić information content (AvgIpc) is 2.51. The average molecular weight is 305 g/mol. The maximum absolute atomic E-state index is 6.27. The predicted molar refractivity (Wildman–Crippen MR) is 86.9 cm³/mol. The monoisotopic (exact) mass is 304 g/mol. The summed E-state index contributed by atoms with van der Waals surface area (Å²) in [7, 11) is 0. The highest BCUT2D eigenvalue weighted by molar-refractivity contribution is 6.31. The van der Waals surface area contributed by atoms with E-state index in [1.165, 1.54) is 5.56 Å². The van der Waals surface area contributed by atoms with Crippen molar-refractivity contribution in [1.29, 1.82) is 0 Å². The lowest BCUT2D eigenvalue weighted by atomic mass is 10.2. The van der Waals surface area contributed by atoms with Gasteiger partial charge in [-0.25, -0.2) is 0 Å². The first-order valence-corrected chi connectivity index (χ1v) is 7.69. The van der Waals surface area contributed by atoms with E-state index in [2.05, 4.69) is 23.3 Å². The Hall–Kier alpha value is -1.58. The van der Waals surface area contributed by atoms with Gasteiger partial charge >= 0.3 is 0 Å². The first kappa shape index (κ1) is 15.8. The summed E-state index contributed by atoms with van der Waals surface area (Å²) in [5.74, 6) is 0.856. The molecule has 112 valence electrons. The molecule has 0 aliphatic heterocycles. The molecule has 0 amide bonds. The molecule has 21 heavy (non-hydrogen) atoms. The summed E-state index contributed by atoms with van der Waals surface area (Å²) in [5, 5.41) is 4.11. The van der Waals surface area contributed by atoms with Crippen LogP contribution >= 0.6 is 11.6 Å². The third kappa shape index (κ3) is 5.03. The number of hydrogen-bond acceptors (Lipinski definition) is 3. The standard InChI is InChI=1S/C17H21ClN2O/c1-2-9-19-13-15-16(18)6-3-7-17(15)21-11-8-14-5-4-10-20-12-14/h3-7,10,12,19H,2,8-9,11,13H2,1H3. The van der Waals surface area contributed by atoms with Crippen LogP contribution in [0.1, 0.15) is 24.5 Å². The van der Waals surface area contributed by atoms with E-state index >= 15 is 0 Å². The van der Waals surface area contributed by atoms with E-state index in [1.807, 2.05) is 30.5 Å². The summed E-state index contributed by atoms with van der Waals surface area (Å²) in [6.07, 6.45) is 5.58. The minimum atomic E-state index is 0.618. The smallest absolute Gasteiger partial charge is 0.125 e. The van der Waals surface area contributed by atoms with Crippen LogP contribution in [0.25, 0.3) is 0 Å². The molecule has 0 saturated heterocycles. The van der Waals surface area contributed by atoms with E-state index in [-0.39, 0.29) is 0 Å². The van der Waals surface area contributed by atoms with E-state index in [9.17, 15) is 0 Å². The van der Waals surface area contributed by atoms with Gasteiger partial charge in [-0.1, -0.05) is 30.7 Å². The van der Waals surface area contributed by atoms with Crippen LogP contribution in [0.4, 0.5) is 0 Å². The summed E-state index contributed by atoms with van der Waals surface area (Å²) >= 11 is 6.27. The molecule has 0 fully saturated rings. The maximum Gasteiger partial charge on any atom is 0.125 e. The zero-order valence-electron chi connectivity index (χ0n) is 12.3. The van der Waals surface area contributed by atoms with Gasteiger partial charge in [0.15, 0.2) is 0 Å². The van der Waals surface area contributed by atoms with Crippen molar-refractivity contribution >= 4 is 11.6 Å². The Morgan fingerprint density at radius 3 is 2.90 bits per heavy atom. The molecule has 0 aliphatic rings. The van der Waals surface area contributed by atoms with Crippen LogP contribution in [0.15, 0.2) is 42.7 Å². The molecule has 2 aromatic rings. The molecule has 4 heteroatoms. The van der Waals surface area contributed by atoms with Crippen molar-refractivity contribution < 1.29 is 4.74 Å². The third-order valence-corrected chi connectivity index (χ3v) is 3.53. The van der Waals surface area contributed by atoms with Crippen molar-refractivity contribution in [2.45, 2.75) is 26.3 Å². The second-order valence-electron chi connectivity index (χ2n) is 4.85. The largest absolute Gasteiger partial charge is 0.493 e. The number of ether oxygens (including phenoxy) is 1. The number of nitrogens with zero attached hydrogens (tertiary/aromatic N) is 1. The van der Waals surface area contributed by atoms with Gasteiger partial charge in [0, 0.05) is 35.9 Å². The van der Waals surface area contributed by atoms with Crippen molar-refractivity contribution in [3.05, 3.63) is 58.9 Å². The fourth-order valence-electron chi connectivity index (χ4n) is 2.06. The van der Waals surface area contributed by atoms with Crippen molar-refractivity contribution in [2.75, 3.05) is 13.2 Å². The molecular weight excluding hydrogens is 284 g/mol. The molecule has 0 atom stereocenters. The Bertz CT molecular complexity index is 546. The molecule has 1 aromatic carbocycles. The Balaban J connectivity index is 1.94. The number of benzene rings is 1. The Morgan fingerprint density at radius 2 is 2.14 bits per heavy atom. The number of halogens is 1. The van der Waals surface area contributed by atoms with Crippen LogP contribution in [0, 0.1) is 0 Å². The van der Waals surface area contributed by atoms with Crippen molar-refractivity contribution in [1.82, 2.24) is 10.3 Å². The Morgan fingerprint density at radius 1 is 1.24 bits per heavy atom. The molecule has 1 aromatic heterocycles. The first-order valence-electron chi connectivity index (χ1n) is 7.31. The quantitative estimate of drug-likeness (QED) is 0.752. The molecule has 0 saturated carbocycles. The number of aromatic nitrogens is 1. The Labute approximate surface area is 131 Å². The van der Waals surface area contributed by atoms with Gasteiger partial charge < -0.3 is 10.1 Å². The fraction of sp³-hybridized carbons (Fsp3) is 0.353. The number of rotatable bonds is 8. The highest BCUT2D eigenvalue weighted by Crippen LogP contribution is 2.26. The number of nitrogens with one attached hydrogen (secondary N) is 1. The molecular formula is C17H21ClN2O. The van der Waals surface area contributed by atoms with Crippen molar-refractivity contribution in [3.63, 3.8) is 0 Å². The van der Waals surface area contributed by atoms with Gasteiger partial charge in [0.05, 0.1) is 6.61 Å². The normalized spacial score (nSPS) is 10.6. The third-order valence-electron chi connectivity index (χ3n) is 3.18. The minimum Gasteiger partial charge on any atom is -0.493 e. The second kappa shape index (κ2) is 8.65. The molecule has 0 aliphatic carbocycles.